The lowest BCUT2D eigenvalue weighted by Crippen LogP contribution is -2.41. The number of phenolic OH excluding ortho intramolecular Hbond substituents is 1. The van der Waals surface area contributed by atoms with E-state index in [-0.39, 0.29) is 11.3 Å². The van der Waals surface area contributed by atoms with Gasteiger partial charge in [0, 0.05) is 6.54 Å². The highest BCUT2D eigenvalue weighted by Crippen LogP contribution is 2.10. The molecule has 0 saturated carbocycles. The van der Waals surface area contributed by atoms with E-state index in [0.717, 1.165) is 6.42 Å². The Morgan fingerprint density at radius 3 is 2.45 bits per heavy atom. The van der Waals surface area contributed by atoms with Gasteiger partial charge in [-0.2, -0.15) is 0 Å². The number of carbonyl (C=O) groups is 3. The molecule has 1 rings (SSSR count). The number of urea groups is 1. The Balaban J connectivity index is 2.35. The summed E-state index contributed by atoms with van der Waals surface area (Å²) in [4.78, 5) is 34.0. The fourth-order valence-corrected chi connectivity index (χ4v) is 1.26. The molecule has 0 atom stereocenters. The Hall–Kier alpha value is -2.57. The van der Waals surface area contributed by atoms with Crippen LogP contribution in [0, 0.1) is 0 Å². The molecule has 3 N–H and O–H groups in total. The molecule has 0 aliphatic heterocycles. The maximum atomic E-state index is 11.5. The molecule has 20 heavy (non-hydrogen) atoms. The van der Waals surface area contributed by atoms with Gasteiger partial charge in [-0.25, -0.2) is 9.59 Å². The zero-order valence-corrected chi connectivity index (χ0v) is 11.0. The van der Waals surface area contributed by atoms with Crippen LogP contribution in [-0.2, 0) is 9.53 Å². The fourth-order valence-electron chi connectivity index (χ4n) is 1.26. The summed E-state index contributed by atoms with van der Waals surface area (Å²) in [7, 11) is 0. The molecular weight excluding hydrogens is 264 g/mol. The van der Waals surface area contributed by atoms with Crippen LogP contribution in [0.3, 0.4) is 0 Å². The third kappa shape index (κ3) is 5.38. The molecule has 7 nitrogen and oxygen atoms in total. The molecule has 1 aromatic rings. The molecule has 0 saturated heterocycles. The number of benzene rings is 1. The Morgan fingerprint density at radius 1 is 1.20 bits per heavy atom. The molecule has 1 aromatic carbocycles. The second-order valence-corrected chi connectivity index (χ2v) is 3.93. The van der Waals surface area contributed by atoms with Crippen LogP contribution in [0.2, 0.25) is 0 Å². The van der Waals surface area contributed by atoms with Crippen molar-refractivity contribution >= 4 is 17.9 Å². The average molecular weight is 280 g/mol. The van der Waals surface area contributed by atoms with Gasteiger partial charge in [-0.3, -0.25) is 10.1 Å². The first-order chi connectivity index (χ1) is 9.52. The number of carbonyl (C=O) groups excluding carboxylic acids is 3. The summed E-state index contributed by atoms with van der Waals surface area (Å²) in [6.07, 6.45) is 0.747. The molecule has 0 aliphatic carbocycles. The van der Waals surface area contributed by atoms with Crippen LogP contribution in [0.1, 0.15) is 23.7 Å². The molecule has 0 unspecified atom stereocenters. The second-order valence-electron chi connectivity index (χ2n) is 3.93. The Bertz CT molecular complexity index is 484. The number of imide groups is 1. The van der Waals surface area contributed by atoms with Crippen LogP contribution in [0.4, 0.5) is 4.79 Å². The zero-order valence-electron chi connectivity index (χ0n) is 11.0. The Kier molecular flexibility index (Phi) is 6.02. The number of rotatable bonds is 5. The third-order valence-corrected chi connectivity index (χ3v) is 2.23. The van der Waals surface area contributed by atoms with Crippen LogP contribution < -0.4 is 10.6 Å². The van der Waals surface area contributed by atoms with Crippen molar-refractivity contribution in [1.29, 1.82) is 0 Å². The Labute approximate surface area is 115 Å². The van der Waals surface area contributed by atoms with E-state index in [1.165, 1.54) is 24.3 Å². The van der Waals surface area contributed by atoms with Crippen molar-refractivity contribution in [1.82, 2.24) is 10.6 Å². The van der Waals surface area contributed by atoms with Crippen molar-refractivity contribution in [2.45, 2.75) is 13.3 Å². The molecule has 0 aliphatic rings. The van der Waals surface area contributed by atoms with Crippen molar-refractivity contribution in [2.75, 3.05) is 13.2 Å². The minimum atomic E-state index is -0.717. The van der Waals surface area contributed by atoms with Gasteiger partial charge < -0.3 is 15.2 Å². The molecule has 0 aromatic heterocycles. The number of hydrogen-bond donors (Lipinski definition) is 3. The highest BCUT2D eigenvalue weighted by Gasteiger charge is 2.12. The van der Waals surface area contributed by atoms with Gasteiger partial charge in [-0.05, 0) is 30.7 Å². The molecule has 0 radical (unpaired) electrons. The van der Waals surface area contributed by atoms with E-state index in [0.29, 0.717) is 6.54 Å². The smallest absolute Gasteiger partial charge is 0.338 e. The lowest BCUT2D eigenvalue weighted by molar-refractivity contribution is -0.123. The molecule has 0 fully saturated rings. The number of hydrogen-bond acceptors (Lipinski definition) is 5. The summed E-state index contributed by atoms with van der Waals surface area (Å²) >= 11 is 0. The van der Waals surface area contributed by atoms with Gasteiger partial charge in [0.2, 0.25) is 0 Å². The summed E-state index contributed by atoms with van der Waals surface area (Å²) in [5, 5.41) is 13.5. The molecule has 108 valence electrons. The number of aromatic hydroxyl groups is 1. The van der Waals surface area contributed by atoms with E-state index < -0.39 is 24.5 Å². The predicted molar refractivity (Wildman–Crippen MR) is 70.2 cm³/mol. The van der Waals surface area contributed by atoms with Crippen molar-refractivity contribution in [3.8, 4) is 5.75 Å². The van der Waals surface area contributed by atoms with Gasteiger partial charge in [0.05, 0.1) is 5.56 Å². The quantitative estimate of drug-likeness (QED) is 0.691. The van der Waals surface area contributed by atoms with Crippen LogP contribution in [0.5, 0.6) is 5.75 Å². The van der Waals surface area contributed by atoms with E-state index in [2.05, 4.69) is 5.32 Å². The number of ether oxygens (including phenoxy) is 1. The normalized spacial score (nSPS) is 9.65. The summed E-state index contributed by atoms with van der Waals surface area (Å²) in [5.74, 6) is -1.41. The van der Waals surface area contributed by atoms with E-state index in [4.69, 9.17) is 9.84 Å². The number of phenols is 1. The third-order valence-electron chi connectivity index (χ3n) is 2.23. The maximum absolute atomic E-state index is 11.5. The van der Waals surface area contributed by atoms with E-state index in [1.54, 1.807) is 0 Å². The first-order valence-electron chi connectivity index (χ1n) is 6.06. The monoisotopic (exact) mass is 280 g/mol. The van der Waals surface area contributed by atoms with Gasteiger partial charge in [0.1, 0.15) is 5.75 Å². The molecule has 7 heteroatoms. The molecular formula is C13H16N2O5. The van der Waals surface area contributed by atoms with Gasteiger partial charge in [0.25, 0.3) is 5.91 Å². The number of esters is 1. The van der Waals surface area contributed by atoms with Crippen LogP contribution in [0.25, 0.3) is 0 Å². The summed E-state index contributed by atoms with van der Waals surface area (Å²) in [6, 6.07) is 4.76. The minimum absolute atomic E-state index is 0.0203. The fraction of sp³-hybridized carbons (Fsp3) is 0.308. The van der Waals surface area contributed by atoms with Gasteiger partial charge >= 0.3 is 12.0 Å². The lowest BCUT2D eigenvalue weighted by Gasteiger charge is -2.06. The van der Waals surface area contributed by atoms with E-state index in [1.807, 2.05) is 12.2 Å². The van der Waals surface area contributed by atoms with Gasteiger partial charge in [-0.15, -0.1) is 0 Å². The van der Waals surface area contributed by atoms with Gasteiger partial charge in [0.15, 0.2) is 6.61 Å². The van der Waals surface area contributed by atoms with Crippen LogP contribution in [0.15, 0.2) is 24.3 Å². The van der Waals surface area contributed by atoms with Crippen LogP contribution in [-0.4, -0.2) is 36.2 Å². The Morgan fingerprint density at radius 2 is 1.85 bits per heavy atom. The largest absolute Gasteiger partial charge is 0.508 e. The predicted octanol–water partition coefficient (Wildman–Crippen LogP) is 0.785. The standard InChI is InChI=1S/C13H16N2O5/c1-2-7-14-13(19)15-11(17)8-20-12(18)9-3-5-10(16)6-4-9/h3-6,16H,2,7-8H2,1H3,(H2,14,15,17,19). The van der Waals surface area contributed by atoms with E-state index in [9.17, 15) is 14.4 Å². The molecule has 3 amide bonds. The number of nitrogens with one attached hydrogen (secondary N) is 2. The minimum Gasteiger partial charge on any atom is -0.508 e. The molecule has 0 bridgehead atoms. The summed E-state index contributed by atoms with van der Waals surface area (Å²) < 4.78 is 4.72. The first kappa shape index (κ1) is 15.5. The highest BCUT2D eigenvalue weighted by molar-refractivity contribution is 5.97. The maximum Gasteiger partial charge on any atom is 0.338 e. The van der Waals surface area contributed by atoms with Crippen molar-refractivity contribution in [3.05, 3.63) is 29.8 Å². The molecule has 0 heterocycles. The molecule has 0 spiro atoms. The second kappa shape index (κ2) is 7.78. The SMILES string of the molecule is CCCNC(=O)NC(=O)COC(=O)c1ccc(O)cc1. The lowest BCUT2D eigenvalue weighted by atomic mass is 10.2. The first-order valence-corrected chi connectivity index (χ1v) is 6.06. The topological polar surface area (TPSA) is 105 Å². The van der Waals surface area contributed by atoms with E-state index >= 15 is 0 Å². The summed E-state index contributed by atoms with van der Waals surface area (Å²) in [6.45, 7) is 1.77. The van der Waals surface area contributed by atoms with Crippen LogP contribution >= 0.6 is 0 Å². The van der Waals surface area contributed by atoms with Crippen molar-refractivity contribution in [3.63, 3.8) is 0 Å². The number of amides is 3. The average Bonchev–Trinajstić information content (AvgIpc) is 2.43. The summed E-state index contributed by atoms with van der Waals surface area (Å²) in [5.41, 5.74) is 0.200. The van der Waals surface area contributed by atoms with Crippen molar-refractivity contribution in [2.24, 2.45) is 0 Å². The van der Waals surface area contributed by atoms with Crippen molar-refractivity contribution < 1.29 is 24.2 Å². The zero-order chi connectivity index (χ0) is 15.0. The highest BCUT2D eigenvalue weighted by atomic mass is 16.5. The van der Waals surface area contributed by atoms with Gasteiger partial charge in [-0.1, -0.05) is 6.92 Å².